The van der Waals surface area contributed by atoms with Crippen molar-refractivity contribution in [3.63, 3.8) is 0 Å². The molecule has 0 aromatic heterocycles. The molecule has 0 radical (unpaired) electrons. The first kappa shape index (κ1) is 14.5. The molecule has 0 aliphatic heterocycles. The summed E-state index contributed by atoms with van der Waals surface area (Å²) in [4.78, 5) is 23.9. The number of phenols is 1. The van der Waals surface area contributed by atoms with Crippen molar-refractivity contribution in [2.24, 2.45) is 0 Å². The fourth-order valence-electron chi connectivity index (χ4n) is 1.83. The number of hydrogen-bond acceptors (Lipinski definition) is 3. The fourth-order valence-corrected chi connectivity index (χ4v) is 2.10. The van der Waals surface area contributed by atoms with E-state index in [4.69, 9.17) is 0 Å². The van der Waals surface area contributed by atoms with E-state index in [0.29, 0.717) is 11.1 Å². The molecule has 4 heteroatoms. The average Bonchev–Trinajstić information content (AvgIpc) is 2.45. The molecule has 20 heavy (non-hydrogen) atoms. The standard InChI is InChI=1S/C16H13BrO3/c17-13-6-4-11(5-7-13)15(19)8-9-16(20)12-2-1-3-14(18)10-12/h1-7,10,18H,8-9H2. The van der Waals surface area contributed by atoms with Gasteiger partial charge in [-0.15, -0.1) is 0 Å². The summed E-state index contributed by atoms with van der Waals surface area (Å²) < 4.78 is 0.907. The molecule has 0 bridgehead atoms. The molecule has 102 valence electrons. The molecule has 0 amide bonds. The van der Waals surface area contributed by atoms with Crippen molar-refractivity contribution in [2.75, 3.05) is 0 Å². The van der Waals surface area contributed by atoms with Crippen molar-refractivity contribution >= 4 is 27.5 Å². The molecule has 0 saturated carbocycles. The Morgan fingerprint density at radius 3 is 2.10 bits per heavy atom. The first-order valence-electron chi connectivity index (χ1n) is 6.17. The molecule has 0 spiro atoms. The van der Waals surface area contributed by atoms with Gasteiger partial charge in [0, 0.05) is 28.4 Å². The highest BCUT2D eigenvalue weighted by Crippen LogP contribution is 2.16. The van der Waals surface area contributed by atoms with Crippen LogP contribution in [0.1, 0.15) is 33.6 Å². The molecule has 3 nitrogen and oxygen atoms in total. The normalized spacial score (nSPS) is 10.2. The highest BCUT2D eigenvalue weighted by molar-refractivity contribution is 9.10. The third-order valence-electron chi connectivity index (χ3n) is 2.91. The highest BCUT2D eigenvalue weighted by atomic mass is 79.9. The maximum absolute atomic E-state index is 11.9. The monoisotopic (exact) mass is 332 g/mol. The zero-order valence-electron chi connectivity index (χ0n) is 10.7. The summed E-state index contributed by atoms with van der Waals surface area (Å²) in [5, 5.41) is 9.32. The number of phenolic OH excluding ortho intramolecular Hbond substituents is 1. The number of carbonyl (C=O) groups excluding carboxylic acids is 2. The Balaban J connectivity index is 1.96. The van der Waals surface area contributed by atoms with E-state index in [1.54, 1.807) is 36.4 Å². The minimum Gasteiger partial charge on any atom is -0.508 e. The maximum Gasteiger partial charge on any atom is 0.163 e. The lowest BCUT2D eigenvalue weighted by atomic mass is 10.0. The second kappa shape index (κ2) is 6.48. The maximum atomic E-state index is 11.9. The van der Waals surface area contributed by atoms with Gasteiger partial charge in [0.2, 0.25) is 0 Å². The summed E-state index contributed by atoms with van der Waals surface area (Å²) in [6, 6.07) is 13.2. The number of rotatable bonds is 5. The van der Waals surface area contributed by atoms with Crippen LogP contribution in [0.25, 0.3) is 0 Å². The number of benzene rings is 2. The van der Waals surface area contributed by atoms with Gasteiger partial charge in [0.15, 0.2) is 11.6 Å². The predicted octanol–water partition coefficient (Wildman–Crippen LogP) is 4.00. The first-order chi connectivity index (χ1) is 9.56. The van der Waals surface area contributed by atoms with Crippen LogP contribution in [0.3, 0.4) is 0 Å². The van der Waals surface area contributed by atoms with Gasteiger partial charge in [0.25, 0.3) is 0 Å². The molecule has 0 saturated heterocycles. The highest BCUT2D eigenvalue weighted by Gasteiger charge is 2.11. The molecule has 0 unspecified atom stereocenters. The molecule has 0 heterocycles. The van der Waals surface area contributed by atoms with Gasteiger partial charge in [0.05, 0.1) is 0 Å². The van der Waals surface area contributed by atoms with Gasteiger partial charge in [0.1, 0.15) is 5.75 Å². The average molecular weight is 333 g/mol. The lowest BCUT2D eigenvalue weighted by Gasteiger charge is -2.02. The molecular weight excluding hydrogens is 320 g/mol. The summed E-state index contributed by atoms with van der Waals surface area (Å²) in [6.45, 7) is 0. The van der Waals surface area contributed by atoms with Crippen molar-refractivity contribution in [2.45, 2.75) is 12.8 Å². The van der Waals surface area contributed by atoms with Crippen LogP contribution in [0, 0.1) is 0 Å². The Bertz CT molecular complexity index is 632. The first-order valence-corrected chi connectivity index (χ1v) is 6.96. The summed E-state index contributed by atoms with van der Waals surface area (Å²) in [7, 11) is 0. The SMILES string of the molecule is O=C(CCC(=O)c1cccc(O)c1)c1ccc(Br)cc1. The molecule has 2 aromatic rings. The molecule has 1 N–H and O–H groups in total. The third-order valence-corrected chi connectivity index (χ3v) is 3.44. The van der Waals surface area contributed by atoms with Gasteiger partial charge in [-0.3, -0.25) is 9.59 Å². The second-order valence-electron chi connectivity index (χ2n) is 4.40. The molecule has 2 rings (SSSR count). The van der Waals surface area contributed by atoms with Crippen molar-refractivity contribution in [1.82, 2.24) is 0 Å². The van der Waals surface area contributed by atoms with Crippen LogP contribution in [-0.4, -0.2) is 16.7 Å². The Hall–Kier alpha value is -1.94. The zero-order chi connectivity index (χ0) is 14.5. The van der Waals surface area contributed by atoms with E-state index in [1.165, 1.54) is 12.1 Å². The van der Waals surface area contributed by atoms with E-state index in [-0.39, 0.29) is 30.2 Å². The second-order valence-corrected chi connectivity index (χ2v) is 5.32. The van der Waals surface area contributed by atoms with Crippen LogP contribution in [-0.2, 0) is 0 Å². The summed E-state index contributed by atoms with van der Waals surface area (Å²) in [5.41, 5.74) is 1.02. The van der Waals surface area contributed by atoms with Crippen molar-refractivity contribution in [1.29, 1.82) is 0 Å². The Kier molecular flexibility index (Phi) is 4.69. The van der Waals surface area contributed by atoms with Gasteiger partial charge >= 0.3 is 0 Å². The molecule has 0 atom stereocenters. The number of ketones is 2. The van der Waals surface area contributed by atoms with E-state index >= 15 is 0 Å². The van der Waals surface area contributed by atoms with Crippen molar-refractivity contribution in [3.8, 4) is 5.75 Å². The van der Waals surface area contributed by atoms with Gasteiger partial charge in [-0.05, 0) is 24.3 Å². The molecular formula is C16H13BrO3. The lowest BCUT2D eigenvalue weighted by Crippen LogP contribution is -2.05. The van der Waals surface area contributed by atoms with E-state index in [2.05, 4.69) is 15.9 Å². The van der Waals surface area contributed by atoms with Gasteiger partial charge in [-0.25, -0.2) is 0 Å². The number of aromatic hydroxyl groups is 1. The third kappa shape index (κ3) is 3.78. The Morgan fingerprint density at radius 2 is 1.50 bits per heavy atom. The molecule has 0 aliphatic rings. The van der Waals surface area contributed by atoms with Crippen LogP contribution in [0.5, 0.6) is 5.75 Å². The van der Waals surface area contributed by atoms with Crippen LogP contribution in [0.4, 0.5) is 0 Å². The minimum absolute atomic E-state index is 0.0510. The number of hydrogen-bond donors (Lipinski definition) is 1. The zero-order valence-corrected chi connectivity index (χ0v) is 12.3. The van der Waals surface area contributed by atoms with Gasteiger partial charge in [-0.2, -0.15) is 0 Å². The van der Waals surface area contributed by atoms with Crippen LogP contribution >= 0.6 is 15.9 Å². The van der Waals surface area contributed by atoms with Gasteiger partial charge < -0.3 is 5.11 Å². The summed E-state index contributed by atoms with van der Waals surface area (Å²) in [5.74, 6) is -0.160. The molecule has 0 aliphatic carbocycles. The smallest absolute Gasteiger partial charge is 0.163 e. The quantitative estimate of drug-likeness (QED) is 0.842. The van der Waals surface area contributed by atoms with Crippen LogP contribution < -0.4 is 0 Å². The van der Waals surface area contributed by atoms with E-state index in [0.717, 1.165) is 4.47 Å². The summed E-state index contributed by atoms with van der Waals surface area (Å²) >= 11 is 3.31. The fraction of sp³-hybridized carbons (Fsp3) is 0.125. The number of Topliss-reactive ketones (excluding diaryl/α,β-unsaturated/α-hetero) is 2. The predicted molar refractivity (Wildman–Crippen MR) is 80.1 cm³/mol. The Morgan fingerprint density at radius 1 is 0.900 bits per heavy atom. The van der Waals surface area contributed by atoms with E-state index in [1.807, 2.05) is 0 Å². The minimum atomic E-state index is -0.147. The van der Waals surface area contributed by atoms with Crippen LogP contribution in [0.15, 0.2) is 53.0 Å². The number of carbonyl (C=O) groups is 2. The molecule has 2 aromatic carbocycles. The van der Waals surface area contributed by atoms with E-state index < -0.39 is 0 Å². The van der Waals surface area contributed by atoms with Gasteiger partial charge in [-0.1, -0.05) is 40.2 Å². The van der Waals surface area contributed by atoms with Crippen molar-refractivity contribution < 1.29 is 14.7 Å². The molecule has 0 fully saturated rings. The van der Waals surface area contributed by atoms with Crippen molar-refractivity contribution in [3.05, 3.63) is 64.1 Å². The summed E-state index contributed by atoms with van der Waals surface area (Å²) in [6.07, 6.45) is 0.300. The van der Waals surface area contributed by atoms with Crippen LogP contribution in [0.2, 0.25) is 0 Å². The van der Waals surface area contributed by atoms with E-state index in [9.17, 15) is 14.7 Å². The topological polar surface area (TPSA) is 54.4 Å². The number of halogens is 1. The largest absolute Gasteiger partial charge is 0.508 e. The lowest BCUT2D eigenvalue weighted by molar-refractivity contribution is 0.0917. The Labute approximate surface area is 125 Å².